The molecule has 18 heavy (non-hydrogen) atoms. The van der Waals surface area contributed by atoms with Crippen molar-refractivity contribution < 1.29 is 0 Å². The van der Waals surface area contributed by atoms with Crippen LogP contribution in [0.25, 0.3) is 0 Å². The van der Waals surface area contributed by atoms with Crippen molar-refractivity contribution in [3.8, 4) is 0 Å². The number of likely N-dealkylation sites (tertiary alicyclic amines) is 1. The smallest absolute Gasteiger partial charge is 0.0264 e. The Balaban J connectivity index is 1.47. The molecule has 102 valence electrons. The highest BCUT2D eigenvalue weighted by molar-refractivity contribution is 5.02. The predicted molar refractivity (Wildman–Crippen MR) is 73.4 cm³/mol. The molecule has 2 N–H and O–H groups in total. The number of nitrogens with two attached hydrogens (primary N) is 1. The normalized spacial score (nSPS) is 49.5. The Morgan fingerprint density at radius 2 is 1.67 bits per heavy atom. The second kappa shape index (κ2) is 4.46. The summed E-state index contributed by atoms with van der Waals surface area (Å²) in [6, 6.07) is 2.25. The molecular weight excluding hydrogens is 222 g/mol. The molecule has 1 saturated carbocycles. The average Bonchev–Trinajstić information content (AvgIpc) is 3.02. The quantitative estimate of drug-likeness (QED) is 0.760. The van der Waals surface area contributed by atoms with E-state index < -0.39 is 0 Å². The minimum Gasteiger partial charge on any atom is -0.327 e. The highest BCUT2D eigenvalue weighted by Gasteiger charge is 2.46. The van der Waals surface area contributed by atoms with E-state index in [0.29, 0.717) is 6.04 Å². The van der Waals surface area contributed by atoms with Crippen molar-refractivity contribution in [1.82, 2.24) is 9.80 Å². The fourth-order valence-electron chi connectivity index (χ4n) is 5.30. The molecule has 0 aromatic carbocycles. The van der Waals surface area contributed by atoms with Gasteiger partial charge in [-0.05, 0) is 50.5 Å². The van der Waals surface area contributed by atoms with Crippen molar-refractivity contribution >= 4 is 0 Å². The van der Waals surface area contributed by atoms with E-state index in [4.69, 9.17) is 5.73 Å². The van der Waals surface area contributed by atoms with E-state index in [1.807, 2.05) is 0 Å². The van der Waals surface area contributed by atoms with Gasteiger partial charge in [-0.1, -0.05) is 6.42 Å². The van der Waals surface area contributed by atoms with E-state index in [2.05, 4.69) is 9.80 Å². The molecule has 3 nitrogen and oxygen atoms in total. The molecular formula is C15H27N3. The molecule has 3 heteroatoms. The molecule has 0 amide bonds. The van der Waals surface area contributed by atoms with Gasteiger partial charge in [-0.15, -0.1) is 0 Å². The summed E-state index contributed by atoms with van der Waals surface area (Å²) < 4.78 is 0. The predicted octanol–water partition coefficient (Wildman–Crippen LogP) is 1.28. The van der Waals surface area contributed by atoms with E-state index in [1.54, 1.807) is 0 Å². The molecule has 5 atom stereocenters. The van der Waals surface area contributed by atoms with Crippen molar-refractivity contribution in [1.29, 1.82) is 0 Å². The lowest BCUT2D eigenvalue weighted by molar-refractivity contribution is 0.183. The minimum atomic E-state index is 0.495. The van der Waals surface area contributed by atoms with E-state index in [1.165, 1.54) is 64.7 Å². The summed E-state index contributed by atoms with van der Waals surface area (Å²) in [5.74, 6) is 1.73. The van der Waals surface area contributed by atoms with Gasteiger partial charge in [0, 0.05) is 37.8 Å². The Morgan fingerprint density at radius 3 is 2.56 bits per heavy atom. The monoisotopic (exact) mass is 249 g/mol. The zero-order valence-corrected chi connectivity index (χ0v) is 11.4. The first-order valence-corrected chi connectivity index (χ1v) is 8.06. The Morgan fingerprint density at radius 1 is 0.778 bits per heavy atom. The summed E-state index contributed by atoms with van der Waals surface area (Å²) in [7, 11) is 0. The lowest BCUT2D eigenvalue weighted by Gasteiger charge is -2.30. The molecule has 4 fully saturated rings. The number of fused-ring (bicyclic) bond motifs is 2. The number of hydrogen-bond acceptors (Lipinski definition) is 3. The van der Waals surface area contributed by atoms with Crippen LogP contribution >= 0.6 is 0 Å². The van der Waals surface area contributed by atoms with Crippen LogP contribution in [0.3, 0.4) is 0 Å². The van der Waals surface area contributed by atoms with Crippen LogP contribution in [0.15, 0.2) is 0 Å². The second-order valence-electron chi connectivity index (χ2n) is 7.07. The fourth-order valence-corrected chi connectivity index (χ4v) is 5.30. The zero-order valence-electron chi connectivity index (χ0n) is 11.4. The Bertz CT molecular complexity index is 319. The molecule has 0 spiro atoms. The highest BCUT2D eigenvalue weighted by Crippen LogP contribution is 2.40. The Labute approximate surface area is 111 Å². The standard InChI is InChI=1S/C15H27N3/c16-13-4-1-3-11-9-18(10-12(11)13)15-6-8-17-7-2-5-14(15)17/h11-15H,1-10,16H2. The van der Waals surface area contributed by atoms with Gasteiger partial charge in [0.1, 0.15) is 0 Å². The van der Waals surface area contributed by atoms with Crippen LogP contribution < -0.4 is 5.73 Å². The average molecular weight is 249 g/mol. The van der Waals surface area contributed by atoms with Crippen molar-refractivity contribution in [2.75, 3.05) is 26.2 Å². The van der Waals surface area contributed by atoms with Gasteiger partial charge in [0.2, 0.25) is 0 Å². The van der Waals surface area contributed by atoms with E-state index in [-0.39, 0.29) is 0 Å². The van der Waals surface area contributed by atoms with Crippen molar-refractivity contribution in [2.24, 2.45) is 17.6 Å². The Kier molecular flexibility index (Phi) is 2.90. The lowest BCUT2D eigenvalue weighted by atomic mass is 9.78. The molecule has 4 rings (SSSR count). The van der Waals surface area contributed by atoms with E-state index >= 15 is 0 Å². The van der Waals surface area contributed by atoms with Gasteiger partial charge in [0.15, 0.2) is 0 Å². The van der Waals surface area contributed by atoms with Crippen LogP contribution in [-0.2, 0) is 0 Å². The van der Waals surface area contributed by atoms with Crippen LogP contribution in [0.5, 0.6) is 0 Å². The van der Waals surface area contributed by atoms with Gasteiger partial charge >= 0.3 is 0 Å². The largest absolute Gasteiger partial charge is 0.327 e. The molecule has 0 radical (unpaired) electrons. The van der Waals surface area contributed by atoms with Gasteiger partial charge in [-0.25, -0.2) is 0 Å². The summed E-state index contributed by atoms with van der Waals surface area (Å²) >= 11 is 0. The molecule has 1 aliphatic carbocycles. The topological polar surface area (TPSA) is 32.5 Å². The third kappa shape index (κ3) is 1.75. The van der Waals surface area contributed by atoms with Crippen molar-refractivity contribution in [3.63, 3.8) is 0 Å². The molecule has 0 aromatic heterocycles. The SMILES string of the molecule is NC1CCCC2CN(C3CCN4CCCC34)CC12. The summed E-state index contributed by atoms with van der Waals surface area (Å²) in [6.45, 7) is 5.38. The van der Waals surface area contributed by atoms with Crippen LogP contribution in [-0.4, -0.2) is 54.1 Å². The van der Waals surface area contributed by atoms with Crippen LogP contribution in [0.1, 0.15) is 38.5 Å². The summed E-state index contributed by atoms with van der Waals surface area (Å²) in [5.41, 5.74) is 6.35. The summed E-state index contributed by atoms with van der Waals surface area (Å²) in [6.07, 6.45) is 8.38. The first-order valence-electron chi connectivity index (χ1n) is 8.06. The second-order valence-corrected chi connectivity index (χ2v) is 7.07. The van der Waals surface area contributed by atoms with Gasteiger partial charge in [0.25, 0.3) is 0 Å². The van der Waals surface area contributed by atoms with Crippen LogP contribution in [0, 0.1) is 11.8 Å². The van der Waals surface area contributed by atoms with Crippen molar-refractivity contribution in [3.05, 3.63) is 0 Å². The summed E-state index contributed by atoms with van der Waals surface area (Å²) in [4.78, 5) is 5.57. The van der Waals surface area contributed by atoms with Gasteiger partial charge < -0.3 is 5.73 Å². The van der Waals surface area contributed by atoms with Crippen LogP contribution in [0.2, 0.25) is 0 Å². The lowest BCUT2D eigenvalue weighted by Crippen LogP contribution is -2.42. The molecule has 4 aliphatic rings. The minimum absolute atomic E-state index is 0.495. The van der Waals surface area contributed by atoms with E-state index in [0.717, 1.165) is 23.9 Å². The third-order valence-corrected chi connectivity index (χ3v) is 6.22. The maximum atomic E-state index is 6.35. The van der Waals surface area contributed by atoms with Crippen LogP contribution in [0.4, 0.5) is 0 Å². The molecule has 3 saturated heterocycles. The Hall–Kier alpha value is -0.120. The number of nitrogens with zero attached hydrogens (tertiary/aromatic N) is 2. The third-order valence-electron chi connectivity index (χ3n) is 6.22. The number of rotatable bonds is 1. The molecule has 0 bridgehead atoms. The first-order chi connectivity index (χ1) is 8.83. The highest BCUT2D eigenvalue weighted by atomic mass is 15.3. The number of hydrogen-bond donors (Lipinski definition) is 1. The first kappa shape index (κ1) is 11.7. The van der Waals surface area contributed by atoms with Gasteiger partial charge in [-0.3, -0.25) is 9.80 Å². The molecule has 5 unspecified atom stereocenters. The van der Waals surface area contributed by atoms with Gasteiger partial charge in [-0.2, -0.15) is 0 Å². The molecule has 3 aliphatic heterocycles. The maximum Gasteiger partial charge on any atom is 0.0264 e. The van der Waals surface area contributed by atoms with Crippen molar-refractivity contribution in [2.45, 2.75) is 56.7 Å². The zero-order chi connectivity index (χ0) is 12.1. The van der Waals surface area contributed by atoms with E-state index in [9.17, 15) is 0 Å². The van der Waals surface area contributed by atoms with Gasteiger partial charge in [0.05, 0.1) is 0 Å². The molecule has 3 heterocycles. The summed E-state index contributed by atoms with van der Waals surface area (Å²) in [5, 5.41) is 0. The fraction of sp³-hybridized carbons (Fsp3) is 1.00. The maximum absolute atomic E-state index is 6.35. The molecule has 0 aromatic rings.